The molecule has 2 aromatic rings. The Labute approximate surface area is 145 Å². The molecule has 0 aliphatic heterocycles. The van der Waals surface area contributed by atoms with Gasteiger partial charge in [-0.25, -0.2) is 0 Å². The highest BCUT2D eigenvalue weighted by atomic mass is 16.6. The van der Waals surface area contributed by atoms with Crippen LogP contribution in [0.1, 0.15) is 30.0 Å². The standard InChI is InChI=1S/C17H22N4O4/c1-4-19(9-15(22)14-7-5-12(2)6-8-14)17(23)11-20-10-16(21(24)25)18-13(20)3/h5-8,10,15,22H,4,9,11H2,1-3H3. The van der Waals surface area contributed by atoms with Crippen LogP contribution in [0.4, 0.5) is 5.82 Å². The van der Waals surface area contributed by atoms with Gasteiger partial charge in [0.1, 0.15) is 12.7 Å². The van der Waals surface area contributed by atoms with Crippen LogP contribution in [-0.4, -0.2) is 43.5 Å². The lowest BCUT2D eigenvalue weighted by atomic mass is 10.1. The van der Waals surface area contributed by atoms with Crippen molar-refractivity contribution in [1.82, 2.24) is 14.5 Å². The van der Waals surface area contributed by atoms with Crippen molar-refractivity contribution in [2.75, 3.05) is 13.1 Å². The Morgan fingerprint density at radius 1 is 1.36 bits per heavy atom. The molecule has 0 saturated heterocycles. The highest BCUT2D eigenvalue weighted by Crippen LogP contribution is 2.16. The van der Waals surface area contributed by atoms with E-state index in [4.69, 9.17) is 0 Å². The molecule has 1 aromatic carbocycles. The number of carbonyl (C=O) groups is 1. The monoisotopic (exact) mass is 346 g/mol. The second-order valence-corrected chi connectivity index (χ2v) is 5.89. The van der Waals surface area contributed by atoms with Crippen molar-refractivity contribution in [2.45, 2.75) is 33.4 Å². The van der Waals surface area contributed by atoms with Gasteiger partial charge in [-0.05, 0) is 29.3 Å². The largest absolute Gasteiger partial charge is 0.387 e. The van der Waals surface area contributed by atoms with Crippen LogP contribution < -0.4 is 0 Å². The summed E-state index contributed by atoms with van der Waals surface area (Å²) in [6.07, 6.45) is 0.458. The van der Waals surface area contributed by atoms with Gasteiger partial charge in [-0.15, -0.1) is 0 Å². The molecule has 0 aliphatic carbocycles. The molecule has 134 valence electrons. The molecule has 1 N–H and O–H groups in total. The van der Waals surface area contributed by atoms with Crippen molar-refractivity contribution in [3.05, 3.63) is 57.5 Å². The number of nitro groups is 1. The number of aryl methyl sites for hydroxylation is 2. The molecule has 0 spiro atoms. The number of hydrogen-bond acceptors (Lipinski definition) is 5. The maximum absolute atomic E-state index is 12.5. The molecule has 1 amide bonds. The molecule has 1 aromatic heterocycles. The molecule has 1 atom stereocenters. The molecular weight excluding hydrogens is 324 g/mol. The average molecular weight is 346 g/mol. The second kappa shape index (κ2) is 7.89. The molecule has 0 aliphatic rings. The fourth-order valence-corrected chi connectivity index (χ4v) is 2.50. The summed E-state index contributed by atoms with van der Waals surface area (Å²) in [7, 11) is 0. The lowest BCUT2D eigenvalue weighted by Crippen LogP contribution is -2.37. The van der Waals surface area contributed by atoms with Crippen LogP contribution in [0, 0.1) is 24.0 Å². The van der Waals surface area contributed by atoms with Crippen LogP contribution in [0.5, 0.6) is 0 Å². The van der Waals surface area contributed by atoms with E-state index < -0.39 is 11.0 Å². The molecule has 1 heterocycles. The number of nitrogens with zero attached hydrogens (tertiary/aromatic N) is 4. The molecule has 0 radical (unpaired) electrons. The number of carbonyl (C=O) groups excluding carboxylic acids is 1. The van der Waals surface area contributed by atoms with Crippen LogP contribution >= 0.6 is 0 Å². The molecule has 1 unspecified atom stereocenters. The maximum Gasteiger partial charge on any atom is 0.381 e. The normalized spacial score (nSPS) is 12.0. The van der Waals surface area contributed by atoms with Crippen molar-refractivity contribution in [3.8, 4) is 0 Å². The minimum Gasteiger partial charge on any atom is -0.387 e. The van der Waals surface area contributed by atoms with Crippen LogP contribution in [0.25, 0.3) is 0 Å². The predicted octanol–water partition coefficient (Wildman–Crippen LogP) is 1.99. The van der Waals surface area contributed by atoms with E-state index in [2.05, 4.69) is 4.98 Å². The molecule has 25 heavy (non-hydrogen) atoms. The number of rotatable bonds is 7. The first-order chi connectivity index (χ1) is 11.8. The van der Waals surface area contributed by atoms with Gasteiger partial charge in [0.2, 0.25) is 11.7 Å². The zero-order valence-corrected chi connectivity index (χ0v) is 14.5. The van der Waals surface area contributed by atoms with Gasteiger partial charge in [0.15, 0.2) is 0 Å². The van der Waals surface area contributed by atoms with E-state index in [1.165, 1.54) is 15.7 Å². The van der Waals surface area contributed by atoms with Crippen molar-refractivity contribution in [2.24, 2.45) is 0 Å². The molecule has 8 heteroatoms. The first-order valence-corrected chi connectivity index (χ1v) is 8.02. The molecular formula is C17H22N4O4. The van der Waals surface area contributed by atoms with E-state index in [-0.39, 0.29) is 24.8 Å². The van der Waals surface area contributed by atoms with E-state index in [9.17, 15) is 20.0 Å². The van der Waals surface area contributed by atoms with Gasteiger partial charge in [-0.2, -0.15) is 0 Å². The highest BCUT2D eigenvalue weighted by Gasteiger charge is 2.21. The van der Waals surface area contributed by atoms with Crippen molar-refractivity contribution in [1.29, 1.82) is 0 Å². The van der Waals surface area contributed by atoms with E-state index in [1.54, 1.807) is 6.92 Å². The number of benzene rings is 1. The minimum atomic E-state index is -0.789. The SMILES string of the molecule is CCN(CC(O)c1ccc(C)cc1)C(=O)Cn1cc([N+](=O)[O-])nc1C. The Morgan fingerprint density at radius 3 is 2.52 bits per heavy atom. The summed E-state index contributed by atoms with van der Waals surface area (Å²) >= 11 is 0. The zero-order chi connectivity index (χ0) is 18.6. The maximum atomic E-state index is 12.5. The molecule has 8 nitrogen and oxygen atoms in total. The third-order valence-corrected chi connectivity index (χ3v) is 4.05. The van der Waals surface area contributed by atoms with E-state index >= 15 is 0 Å². The van der Waals surface area contributed by atoms with Crippen molar-refractivity contribution >= 4 is 11.7 Å². The third kappa shape index (κ3) is 4.63. The summed E-state index contributed by atoms with van der Waals surface area (Å²) in [5.74, 6) is -0.118. The number of imidazole rings is 1. The number of aliphatic hydroxyl groups is 1. The van der Waals surface area contributed by atoms with Gasteiger partial charge in [0, 0.05) is 13.5 Å². The van der Waals surface area contributed by atoms with Crippen LogP contribution in [0.15, 0.2) is 30.5 Å². The average Bonchev–Trinajstić information content (AvgIpc) is 2.94. The van der Waals surface area contributed by atoms with Crippen LogP contribution in [0.2, 0.25) is 0 Å². The van der Waals surface area contributed by atoms with Gasteiger partial charge in [0.05, 0.1) is 12.6 Å². The molecule has 0 bridgehead atoms. The Morgan fingerprint density at radius 2 is 2.00 bits per heavy atom. The highest BCUT2D eigenvalue weighted by molar-refractivity contribution is 5.76. The summed E-state index contributed by atoms with van der Waals surface area (Å²) in [5, 5.41) is 21.1. The summed E-state index contributed by atoms with van der Waals surface area (Å²) in [5.41, 5.74) is 1.84. The smallest absolute Gasteiger partial charge is 0.381 e. The number of aromatic nitrogens is 2. The fraction of sp³-hybridized carbons (Fsp3) is 0.412. The molecule has 2 rings (SSSR count). The molecule has 0 fully saturated rings. The van der Waals surface area contributed by atoms with Gasteiger partial charge < -0.3 is 20.1 Å². The van der Waals surface area contributed by atoms with Crippen molar-refractivity contribution in [3.63, 3.8) is 0 Å². The first-order valence-electron chi connectivity index (χ1n) is 8.02. The number of amides is 1. The first kappa shape index (κ1) is 18.6. The van der Waals surface area contributed by atoms with E-state index in [0.29, 0.717) is 12.4 Å². The van der Waals surface area contributed by atoms with Gasteiger partial charge in [0.25, 0.3) is 0 Å². The Kier molecular flexibility index (Phi) is 5.87. The van der Waals surface area contributed by atoms with E-state index in [0.717, 1.165) is 11.1 Å². The quantitative estimate of drug-likeness (QED) is 0.610. The van der Waals surface area contributed by atoms with Gasteiger partial charge in [-0.1, -0.05) is 29.8 Å². The second-order valence-electron chi connectivity index (χ2n) is 5.89. The third-order valence-electron chi connectivity index (χ3n) is 4.05. The van der Waals surface area contributed by atoms with Crippen LogP contribution in [-0.2, 0) is 11.3 Å². The topological polar surface area (TPSA) is 102 Å². The van der Waals surface area contributed by atoms with Gasteiger partial charge in [-0.3, -0.25) is 9.36 Å². The van der Waals surface area contributed by atoms with E-state index in [1.807, 2.05) is 38.1 Å². The number of likely N-dealkylation sites (N-methyl/N-ethyl adjacent to an activating group) is 1. The Hall–Kier alpha value is -2.74. The summed E-state index contributed by atoms with van der Waals surface area (Å²) in [6.45, 7) is 5.93. The lowest BCUT2D eigenvalue weighted by molar-refractivity contribution is -0.389. The predicted molar refractivity (Wildman–Crippen MR) is 92.0 cm³/mol. The van der Waals surface area contributed by atoms with Crippen molar-refractivity contribution < 1.29 is 14.8 Å². The Bertz CT molecular complexity index is 755. The number of hydrogen-bond donors (Lipinski definition) is 1. The minimum absolute atomic E-state index is 0.0544. The number of aliphatic hydroxyl groups excluding tert-OH is 1. The fourth-order valence-electron chi connectivity index (χ4n) is 2.50. The lowest BCUT2D eigenvalue weighted by Gasteiger charge is -2.24. The Balaban J connectivity index is 2.05. The summed E-state index contributed by atoms with van der Waals surface area (Å²) < 4.78 is 1.45. The van der Waals surface area contributed by atoms with Crippen LogP contribution in [0.3, 0.4) is 0 Å². The zero-order valence-electron chi connectivity index (χ0n) is 14.5. The molecule has 0 saturated carbocycles. The summed E-state index contributed by atoms with van der Waals surface area (Å²) in [6, 6.07) is 7.48. The van der Waals surface area contributed by atoms with Gasteiger partial charge >= 0.3 is 5.82 Å². The summed E-state index contributed by atoms with van der Waals surface area (Å²) in [4.78, 5) is 28.0.